The van der Waals surface area contributed by atoms with Gasteiger partial charge in [-0.1, -0.05) is 31.2 Å². The molecule has 6 heteroatoms. The zero-order chi connectivity index (χ0) is 20.1. The highest BCUT2D eigenvalue weighted by atomic mass is 15.3. The maximum atomic E-state index is 4.77. The maximum absolute atomic E-state index is 4.77. The average Bonchev–Trinajstić information content (AvgIpc) is 2.75. The first kappa shape index (κ1) is 19.6. The number of piperazine rings is 1. The molecule has 0 atom stereocenters. The number of fused-ring (bicyclic) bond motifs is 1. The number of hydrogen-bond donors (Lipinski definition) is 2. The number of anilines is 3. The third kappa shape index (κ3) is 5.02. The van der Waals surface area contributed by atoms with Crippen LogP contribution in [0.4, 0.5) is 17.5 Å². The molecule has 0 aliphatic carbocycles. The molecule has 2 heterocycles. The fourth-order valence-corrected chi connectivity index (χ4v) is 3.62. The van der Waals surface area contributed by atoms with Gasteiger partial charge in [0.25, 0.3) is 0 Å². The summed E-state index contributed by atoms with van der Waals surface area (Å²) in [6.07, 6.45) is 1.04. The van der Waals surface area contributed by atoms with Crippen LogP contribution in [0, 0.1) is 0 Å². The SMILES string of the molecule is CCc1ccc(Nc2nc(NCCN3CCN(C)CC3)c3ccccc3n2)cc1. The molecule has 0 unspecified atom stereocenters. The first-order chi connectivity index (χ1) is 14.2. The summed E-state index contributed by atoms with van der Waals surface area (Å²) in [5.41, 5.74) is 3.26. The van der Waals surface area contributed by atoms with Gasteiger partial charge in [0.15, 0.2) is 0 Å². The monoisotopic (exact) mass is 390 g/mol. The number of para-hydroxylation sites is 1. The van der Waals surface area contributed by atoms with E-state index in [1.165, 1.54) is 5.56 Å². The molecule has 29 heavy (non-hydrogen) atoms. The fraction of sp³-hybridized carbons (Fsp3) is 0.391. The largest absolute Gasteiger partial charge is 0.368 e. The number of hydrogen-bond acceptors (Lipinski definition) is 6. The van der Waals surface area contributed by atoms with Gasteiger partial charge in [0.05, 0.1) is 5.52 Å². The topological polar surface area (TPSA) is 56.3 Å². The first-order valence-corrected chi connectivity index (χ1v) is 10.5. The molecule has 0 radical (unpaired) electrons. The van der Waals surface area contributed by atoms with Gasteiger partial charge in [-0.15, -0.1) is 0 Å². The molecule has 1 fully saturated rings. The van der Waals surface area contributed by atoms with Crippen LogP contribution in [0.25, 0.3) is 10.9 Å². The summed E-state index contributed by atoms with van der Waals surface area (Å²) in [4.78, 5) is 14.4. The van der Waals surface area contributed by atoms with Crippen LogP contribution >= 0.6 is 0 Å². The third-order valence-electron chi connectivity index (χ3n) is 5.54. The third-order valence-corrected chi connectivity index (χ3v) is 5.54. The maximum Gasteiger partial charge on any atom is 0.229 e. The quantitative estimate of drug-likeness (QED) is 0.643. The number of nitrogens with zero attached hydrogens (tertiary/aromatic N) is 4. The predicted molar refractivity (Wildman–Crippen MR) is 121 cm³/mol. The smallest absolute Gasteiger partial charge is 0.229 e. The molecule has 152 valence electrons. The highest BCUT2D eigenvalue weighted by Crippen LogP contribution is 2.23. The molecule has 2 N–H and O–H groups in total. The Bertz CT molecular complexity index is 932. The molecule has 0 saturated carbocycles. The number of likely N-dealkylation sites (N-methyl/N-ethyl adjacent to an activating group) is 1. The molecule has 1 saturated heterocycles. The minimum absolute atomic E-state index is 0.620. The lowest BCUT2D eigenvalue weighted by Crippen LogP contribution is -2.45. The highest BCUT2D eigenvalue weighted by molar-refractivity contribution is 5.90. The van der Waals surface area contributed by atoms with Crippen molar-refractivity contribution in [3.05, 3.63) is 54.1 Å². The normalized spacial score (nSPS) is 15.5. The van der Waals surface area contributed by atoms with Gasteiger partial charge in [0.1, 0.15) is 5.82 Å². The van der Waals surface area contributed by atoms with Crippen molar-refractivity contribution in [1.82, 2.24) is 19.8 Å². The Hall–Kier alpha value is -2.70. The van der Waals surface area contributed by atoms with E-state index in [-0.39, 0.29) is 0 Å². The second-order valence-corrected chi connectivity index (χ2v) is 7.66. The Kier molecular flexibility index (Phi) is 6.22. The molecule has 1 aliphatic heterocycles. The van der Waals surface area contributed by atoms with Crippen LogP contribution < -0.4 is 10.6 Å². The van der Waals surface area contributed by atoms with Crippen LogP contribution in [0.2, 0.25) is 0 Å². The van der Waals surface area contributed by atoms with E-state index in [4.69, 9.17) is 9.97 Å². The van der Waals surface area contributed by atoms with Crippen LogP contribution in [0.5, 0.6) is 0 Å². The van der Waals surface area contributed by atoms with Crippen molar-refractivity contribution in [3.8, 4) is 0 Å². The Morgan fingerprint density at radius 3 is 2.45 bits per heavy atom. The molecule has 1 aromatic heterocycles. The van der Waals surface area contributed by atoms with Crippen molar-refractivity contribution in [2.45, 2.75) is 13.3 Å². The van der Waals surface area contributed by atoms with Gasteiger partial charge in [0.2, 0.25) is 5.95 Å². The molecule has 0 amide bonds. The second-order valence-electron chi connectivity index (χ2n) is 7.66. The predicted octanol–water partition coefficient (Wildman–Crippen LogP) is 3.60. The summed E-state index contributed by atoms with van der Waals surface area (Å²) in [6, 6.07) is 16.6. The van der Waals surface area contributed by atoms with E-state index in [1.807, 2.05) is 18.2 Å². The molecule has 0 bridgehead atoms. The molecule has 2 aromatic carbocycles. The summed E-state index contributed by atoms with van der Waals surface area (Å²) in [7, 11) is 2.19. The second kappa shape index (κ2) is 9.20. The van der Waals surface area contributed by atoms with Gasteiger partial charge in [-0.2, -0.15) is 4.98 Å². The van der Waals surface area contributed by atoms with Crippen molar-refractivity contribution >= 4 is 28.4 Å². The zero-order valence-corrected chi connectivity index (χ0v) is 17.4. The van der Waals surface area contributed by atoms with E-state index in [0.717, 1.165) is 68.1 Å². The summed E-state index contributed by atoms with van der Waals surface area (Å²) in [5.74, 6) is 1.51. The van der Waals surface area contributed by atoms with Crippen molar-refractivity contribution in [2.24, 2.45) is 0 Å². The van der Waals surface area contributed by atoms with Crippen LogP contribution in [0.1, 0.15) is 12.5 Å². The highest BCUT2D eigenvalue weighted by Gasteiger charge is 2.13. The Morgan fingerprint density at radius 1 is 0.931 bits per heavy atom. The van der Waals surface area contributed by atoms with Crippen LogP contribution in [-0.4, -0.2) is 66.1 Å². The van der Waals surface area contributed by atoms with E-state index < -0.39 is 0 Å². The van der Waals surface area contributed by atoms with E-state index in [1.54, 1.807) is 0 Å². The lowest BCUT2D eigenvalue weighted by atomic mass is 10.1. The molecule has 0 spiro atoms. The van der Waals surface area contributed by atoms with E-state index in [2.05, 4.69) is 64.7 Å². The van der Waals surface area contributed by atoms with Crippen molar-refractivity contribution in [1.29, 1.82) is 0 Å². The molecule has 1 aliphatic rings. The lowest BCUT2D eigenvalue weighted by molar-refractivity contribution is 0.158. The molecular formula is C23H30N6. The van der Waals surface area contributed by atoms with Gasteiger partial charge in [-0.25, -0.2) is 4.98 Å². The van der Waals surface area contributed by atoms with Gasteiger partial charge >= 0.3 is 0 Å². The van der Waals surface area contributed by atoms with Gasteiger partial charge in [-0.3, -0.25) is 4.90 Å². The number of nitrogens with one attached hydrogen (secondary N) is 2. The molecule has 6 nitrogen and oxygen atoms in total. The lowest BCUT2D eigenvalue weighted by Gasteiger charge is -2.32. The fourth-order valence-electron chi connectivity index (χ4n) is 3.62. The minimum Gasteiger partial charge on any atom is -0.368 e. The summed E-state index contributed by atoms with van der Waals surface area (Å²) >= 11 is 0. The summed E-state index contributed by atoms with van der Waals surface area (Å²) in [6.45, 7) is 8.59. The Labute approximate surface area is 173 Å². The molecule has 3 aromatic rings. The van der Waals surface area contributed by atoms with E-state index >= 15 is 0 Å². The molecular weight excluding hydrogens is 360 g/mol. The average molecular weight is 391 g/mol. The molecule has 4 rings (SSSR count). The van der Waals surface area contributed by atoms with E-state index in [0.29, 0.717) is 5.95 Å². The number of benzene rings is 2. The van der Waals surface area contributed by atoms with Gasteiger partial charge in [0, 0.05) is 50.3 Å². The van der Waals surface area contributed by atoms with Crippen molar-refractivity contribution in [2.75, 3.05) is 56.9 Å². The minimum atomic E-state index is 0.620. The van der Waals surface area contributed by atoms with Crippen molar-refractivity contribution < 1.29 is 0 Å². The van der Waals surface area contributed by atoms with Crippen molar-refractivity contribution in [3.63, 3.8) is 0 Å². The number of rotatable bonds is 7. The number of aromatic nitrogens is 2. The van der Waals surface area contributed by atoms with Crippen LogP contribution in [0.3, 0.4) is 0 Å². The standard InChI is InChI=1S/C23H30N6/c1-3-18-8-10-19(11-9-18)25-23-26-21-7-5-4-6-20(21)22(27-23)24-12-13-29-16-14-28(2)15-17-29/h4-11H,3,12-17H2,1-2H3,(H2,24,25,26,27). The number of aryl methyl sites for hydroxylation is 1. The summed E-state index contributed by atoms with van der Waals surface area (Å²) < 4.78 is 0. The Balaban J connectivity index is 1.48. The summed E-state index contributed by atoms with van der Waals surface area (Å²) in [5, 5.41) is 7.95. The van der Waals surface area contributed by atoms with Crippen LogP contribution in [0.15, 0.2) is 48.5 Å². The Morgan fingerprint density at radius 2 is 1.69 bits per heavy atom. The zero-order valence-electron chi connectivity index (χ0n) is 17.4. The van der Waals surface area contributed by atoms with E-state index in [9.17, 15) is 0 Å². The van der Waals surface area contributed by atoms with Gasteiger partial charge < -0.3 is 15.5 Å². The van der Waals surface area contributed by atoms with Gasteiger partial charge in [-0.05, 0) is 43.3 Å². The van der Waals surface area contributed by atoms with Crippen LogP contribution in [-0.2, 0) is 6.42 Å². The first-order valence-electron chi connectivity index (χ1n) is 10.5.